The highest BCUT2D eigenvalue weighted by Crippen LogP contribution is 2.45. The van der Waals surface area contributed by atoms with Gasteiger partial charge in [0, 0.05) is 11.3 Å². The number of methoxy groups -OCH3 is 2. The maximum absolute atomic E-state index is 12.1. The van der Waals surface area contributed by atoms with Crippen molar-refractivity contribution in [2.45, 2.75) is 32.1 Å². The average molecular weight is 311 g/mol. The number of ether oxygens (including phenoxy) is 2. The van der Waals surface area contributed by atoms with Crippen LogP contribution in [0.15, 0.2) is 0 Å². The minimum Gasteiger partial charge on any atom is -0.469 e. The smallest absolute Gasteiger partial charge is 0.341 e. The lowest BCUT2D eigenvalue weighted by Gasteiger charge is -2.11. The van der Waals surface area contributed by atoms with Gasteiger partial charge in [0.1, 0.15) is 5.00 Å². The quantitative estimate of drug-likeness (QED) is 0.861. The summed E-state index contributed by atoms with van der Waals surface area (Å²) in [6.07, 6.45) is 1.61. The lowest BCUT2D eigenvalue weighted by molar-refractivity contribution is -0.142. The van der Waals surface area contributed by atoms with E-state index in [1.54, 1.807) is 6.92 Å². The molecule has 1 aromatic heterocycles. The van der Waals surface area contributed by atoms with Gasteiger partial charge in [-0.2, -0.15) is 0 Å². The van der Waals surface area contributed by atoms with Gasteiger partial charge < -0.3 is 14.8 Å². The van der Waals surface area contributed by atoms with Crippen molar-refractivity contribution in [3.63, 3.8) is 0 Å². The van der Waals surface area contributed by atoms with Crippen LogP contribution in [0.25, 0.3) is 0 Å². The lowest BCUT2D eigenvalue weighted by atomic mass is 9.99. The molecule has 1 heterocycles. The van der Waals surface area contributed by atoms with Crippen LogP contribution < -0.4 is 5.32 Å². The molecule has 0 aromatic carbocycles. The molecule has 0 bridgehead atoms. The summed E-state index contributed by atoms with van der Waals surface area (Å²) in [7, 11) is 2.60. The van der Waals surface area contributed by atoms with Crippen molar-refractivity contribution >= 4 is 34.2 Å². The third kappa shape index (κ3) is 2.78. The van der Waals surface area contributed by atoms with Crippen LogP contribution in [0.1, 0.15) is 46.5 Å². The van der Waals surface area contributed by atoms with Gasteiger partial charge in [-0.1, -0.05) is 6.92 Å². The summed E-state index contributed by atoms with van der Waals surface area (Å²) in [6.45, 7) is 1.73. The highest BCUT2D eigenvalue weighted by Gasteiger charge is 2.38. The van der Waals surface area contributed by atoms with Crippen molar-refractivity contribution in [3.05, 3.63) is 16.0 Å². The molecule has 6 nitrogen and oxygen atoms in total. The molecular weight excluding hydrogens is 294 g/mol. The Morgan fingerprint density at radius 3 is 2.57 bits per heavy atom. The van der Waals surface area contributed by atoms with E-state index in [2.05, 4.69) is 5.32 Å². The Morgan fingerprint density at radius 2 is 2.00 bits per heavy atom. The second kappa shape index (κ2) is 6.26. The van der Waals surface area contributed by atoms with E-state index in [1.807, 2.05) is 0 Å². The summed E-state index contributed by atoms with van der Waals surface area (Å²) >= 11 is 1.33. The monoisotopic (exact) mass is 311 g/mol. The summed E-state index contributed by atoms with van der Waals surface area (Å²) in [5.74, 6) is -1.57. The molecule has 0 spiro atoms. The summed E-state index contributed by atoms with van der Waals surface area (Å²) < 4.78 is 9.60. The van der Waals surface area contributed by atoms with E-state index < -0.39 is 11.9 Å². The Hall–Kier alpha value is -1.89. The molecular formula is C14H17NO5S. The first-order valence-corrected chi connectivity index (χ1v) is 7.46. The van der Waals surface area contributed by atoms with Gasteiger partial charge in [0.15, 0.2) is 0 Å². The zero-order valence-corrected chi connectivity index (χ0v) is 13.0. The molecule has 7 heteroatoms. The van der Waals surface area contributed by atoms with Gasteiger partial charge in [-0.25, -0.2) is 4.79 Å². The molecule has 0 aliphatic heterocycles. The molecule has 1 N–H and O–H groups in total. The van der Waals surface area contributed by atoms with Gasteiger partial charge in [-0.05, 0) is 18.4 Å². The molecule has 1 aromatic rings. The number of aryl methyl sites for hydroxylation is 1. The SMILES string of the molecule is CCC(=O)Nc1sc2c(c1C(=O)OC)[C@H](C(=O)OC)CC2. The minimum absolute atomic E-state index is 0.185. The van der Waals surface area contributed by atoms with Crippen LogP contribution in [-0.4, -0.2) is 32.1 Å². The van der Waals surface area contributed by atoms with E-state index in [0.717, 1.165) is 4.88 Å². The van der Waals surface area contributed by atoms with Crippen molar-refractivity contribution in [1.82, 2.24) is 0 Å². The number of hydrogen-bond donors (Lipinski definition) is 1. The third-order valence-electron chi connectivity index (χ3n) is 3.48. The van der Waals surface area contributed by atoms with Crippen LogP contribution in [0, 0.1) is 0 Å². The second-order valence-corrected chi connectivity index (χ2v) is 5.76. The van der Waals surface area contributed by atoms with Gasteiger partial charge in [-0.3, -0.25) is 9.59 Å². The Kier molecular flexibility index (Phi) is 4.62. The Bertz CT molecular complexity index is 592. The number of carbonyl (C=O) groups excluding carboxylic acids is 3. The van der Waals surface area contributed by atoms with Gasteiger partial charge >= 0.3 is 11.9 Å². The van der Waals surface area contributed by atoms with Crippen molar-refractivity contribution in [1.29, 1.82) is 0 Å². The zero-order chi connectivity index (χ0) is 15.6. The molecule has 1 aliphatic rings. The Labute approximate surface area is 126 Å². The number of esters is 2. The fraction of sp³-hybridized carbons (Fsp3) is 0.500. The largest absolute Gasteiger partial charge is 0.469 e. The highest BCUT2D eigenvalue weighted by molar-refractivity contribution is 7.17. The standard InChI is InChI=1S/C14H17NO5S/c1-4-9(16)15-12-11(14(18)20-3)10-7(13(17)19-2)5-6-8(10)21-12/h7H,4-6H2,1-3H3,(H,15,16)/t7-/m1/s1. The maximum Gasteiger partial charge on any atom is 0.341 e. The molecule has 1 atom stereocenters. The number of nitrogens with one attached hydrogen (secondary N) is 1. The predicted molar refractivity (Wildman–Crippen MR) is 77.7 cm³/mol. The number of anilines is 1. The summed E-state index contributed by atoms with van der Waals surface area (Å²) in [4.78, 5) is 36.5. The predicted octanol–water partition coefficient (Wildman–Crippen LogP) is 2.09. The van der Waals surface area contributed by atoms with E-state index in [4.69, 9.17) is 9.47 Å². The van der Waals surface area contributed by atoms with Crippen molar-refractivity contribution < 1.29 is 23.9 Å². The van der Waals surface area contributed by atoms with Crippen LogP contribution >= 0.6 is 11.3 Å². The van der Waals surface area contributed by atoms with Gasteiger partial charge in [0.25, 0.3) is 0 Å². The molecule has 0 saturated heterocycles. The average Bonchev–Trinajstić information content (AvgIpc) is 3.03. The fourth-order valence-electron chi connectivity index (χ4n) is 2.45. The second-order valence-electron chi connectivity index (χ2n) is 4.65. The summed E-state index contributed by atoms with van der Waals surface area (Å²) in [6, 6.07) is 0. The molecule has 1 amide bonds. The molecule has 0 saturated carbocycles. The first-order valence-electron chi connectivity index (χ1n) is 6.65. The molecule has 1 aliphatic carbocycles. The number of rotatable bonds is 4. The molecule has 114 valence electrons. The van der Waals surface area contributed by atoms with Crippen LogP contribution in [0.5, 0.6) is 0 Å². The summed E-state index contributed by atoms with van der Waals surface area (Å²) in [5, 5.41) is 3.16. The van der Waals surface area contributed by atoms with E-state index in [-0.39, 0.29) is 17.4 Å². The topological polar surface area (TPSA) is 81.7 Å². The van der Waals surface area contributed by atoms with Crippen LogP contribution in [0.4, 0.5) is 5.00 Å². The van der Waals surface area contributed by atoms with Crippen molar-refractivity contribution in [2.24, 2.45) is 0 Å². The van der Waals surface area contributed by atoms with Crippen molar-refractivity contribution in [2.75, 3.05) is 19.5 Å². The third-order valence-corrected chi connectivity index (χ3v) is 4.66. The van der Waals surface area contributed by atoms with Crippen LogP contribution in [0.2, 0.25) is 0 Å². The normalized spacial score (nSPS) is 16.2. The first-order chi connectivity index (χ1) is 10.0. The highest BCUT2D eigenvalue weighted by atomic mass is 32.1. The van der Waals surface area contributed by atoms with Gasteiger partial charge in [-0.15, -0.1) is 11.3 Å². The van der Waals surface area contributed by atoms with Gasteiger partial charge in [0.05, 0.1) is 25.7 Å². The molecule has 0 radical (unpaired) electrons. The maximum atomic E-state index is 12.1. The van der Waals surface area contributed by atoms with Gasteiger partial charge in [0.2, 0.25) is 5.91 Å². The minimum atomic E-state index is -0.547. The number of thiophene rings is 1. The Balaban J connectivity index is 2.48. The molecule has 2 rings (SSSR count). The number of fused-ring (bicyclic) bond motifs is 1. The van der Waals surface area contributed by atoms with E-state index in [1.165, 1.54) is 25.6 Å². The fourth-order valence-corrected chi connectivity index (χ4v) is 3.73. The first kappa shape index (κ1) is 15.5. The van der Waals surface area contributed by atoms with Crippen LogP contribution in [0.3, 0.4) is 0 Å². The summed E-state index contributed by atoms with van der Waals surface area (Å²) in [5.41, 5.74) is 0.928. The molecule has 0 fully saturated rings. The van der Waals surface area contributed by atoms with Crippen molar-refractivity contribution in [3.8, 4) is 0 Å². The lowest BCUT2D eigenvalue weighted by Crippen LogP contribution is -2.17. The number of carbonyl (C=O) groups is 3. The van der Waals surface area contributed by atoms with E-state index in [9.17, 15) is 14.4 Å². The van der Waals surface area contributed by atoms with Crippen LogP contribution in [-0.2, 0) is 25.5 Å². The number of amides is 1. The number of hydrogen-bond acceptors (Lipinski definition) is 6. The Morgan fingerprint density at radius 1 is 1.29 bits per heavy atom. The molecule has 21 heavy (non-hydrogen) atoms. The van der Waals surface area contributed by atoms with E-state index >= 15 is 0 Å². The zero-order valence-electron chi connectivity index (χ0n) is 12.1. The van der Waals surface area contributed by atoms with E-state index in [0.29, 0.717) is 29.8 Å². The molecule has 0 unspecified atom stereocenters.